The summed E-state index contributed by atoms with van der Waals surface area (Å²) in [6, 6.07) is 13.9. The van der Waals surface area contributed by atoms with Gasteiger partial charge in [-0.3, -0.25) is 4.57 Å². The number of hydrogen-bond donors (Lipinski definition) is 0. The van der Waals surface area contributed by atoms with E-state index in [2.05, 4.69) is 10.2 Å². The highest BCUT2D eigenvalue weighted by molar-refractivity contribution is 7.99. The van der Waals surface area contributed by atoms with Crippen molar-refractivity contribution < 1.29 is 13.2 Å². The molecular formula is C18H12ClF3N4S. The molecule has 0 saturated heterocycles. The predicted octanol–water partition coefficient (Wildman–Crippen LogP) is 5.61. The molecule has 0 radical (unpaired) electrons. The molecule has 0 aliphatic carbocycles. The first-order valence-corrected chi connectivity index (χ1v) is 9.16. The number of thioether (sulfide) groups is 1. The topological polar surface area (TPSA) is 54.5 Å². The second kappa shape index (κ2) is 8.03. The molecule has 27 heavy (non-hydrogen) atoms. The molecule has 9 heteroatoms. The summed E-state index contributed by atoms with van der Waals surface area (Å²) in [5, 5.41) is 17.8. The lowest BCUT2D eigenvalue weighted by Crippen LogP contribution is -2.07. The van der Waals surface area contributed by atoms with E-state index in [0.29, 0.717) is 27.3 Å². The molecule has 3 rings (SSSR count). The summed E-state index contributed by atoms with van der Waals surface area (Å²) in [5.74, 6) is 0.773. The van der Waals surface area contributed by atoms with Gasteiger partial charge in [-0.2, -0.15) is 18.4 Å². The van der Waals surface area contributed by atoms with Crippen molar-refractivity contribution in [1.29, 1.82) is 5.26 Å². The van der Waals surface area contributed by atoms with Gasteiger partial charge in [-0.05, 0) is 30.3 Å². The van der Waals surface area contributed by atoms with E-state index in [9.17, 15) is 13.2 Å². The standard InChI is InChI=1S/C18H12ClF3N4S/c19-15-8-2-1-7-14(15)16-24-25-17(27-10-4-9-23)26(16)13-6-3-5-12(11-13)18(20,21)22/h1-3,5-8,11H,4,10H2. The highest BCUT2D eigenvalue weighted by Crippen LogP contribution is 2.35. The molecule has 0 aliphatic rings. The maximum Gasteiger partial charge on any atom is 0.416 e. The van der Waals surface area contributed by atoms with E-state index < -0.39 is 11.7 Å². The number of halogens is 4. The number of nitriles is 1. The Morgan fingerprint density at radius 1 is 1.11 bits per heavy atom. The van der Waals surface area contributed by atoms with E-state index >= 15 is 0 Å². The van der Waals surface area contributed by atoms with E-state index in [1.54, 1.807) is 30.3 Å². The van der Waals surface area contributed by atoms with Crippen LogP contribution in [-0.4, -0.2) is 20.5 Å². The lowest BCUT2D eigenvalue weighted by atomic mass is 10.1. The second-order valence-electron chi connectivity index (χ2n) is 5.43. The molecule has 0 atom stereocenters. The Bertz CT molecular complexity index is 995. The van der Waals surface area contributed by atoms with Gasteiger partial charge in [0.25, 0.3) is 0 Å². The van der Waals surface area contributed by atoms with Crippen molar-refractivity contribution >= 4 is 23.4 Å². The Balaban J connectivity index is 2.16. The summed E-state index contributed by atoms with van der Waals surface area (Å²) in [4.78, 5) is 0. The minimum atomic E-state index is -4.47. The molecule has 0 aliphatic heterocycles. The first-order chi connectivity index (χ1) is 12.9. The molecule has 0 bridgehead atoms. The summed E-state index contributed by atoms with van der Waals surface area (Å²) in [7, 11) is 0. The summed E-state index contributed by atoms with van der Waals surface area (Å²) in [6.07, 6.45) is -4.19. The van der Waals surface area contributed by atoms with Crippen LogP contribution in [0.15, 0.2) is 53.7 Å². The van der Waals surface area contributed by atoms with Gasteiger partial charge in [-0.1, -0.05) is 41.6 Å². The van der Waals surface area contributed by atoms with Gasteiger partial charge in [0.05, 0.1) is 22.3 Å². The van der Waals surface area contributed by atoms with Crippen LogP contribution in [0.2, 0.25) is 5.02 Å². The molecule has 0 saturated carbocycles. The van der Waals surface area contributed by atoms with E-state index in [0.717, 1.165) is 12.1 Å². The van der Waals surface area contributed by atoms with Crippen LogP contribution in [0, 0.1) is 11.3 Å². The maximum absolute atomic E-state index is 13.1. The highest BCUT2D eigenvalue weighted by Gasteiger charge is 2.31. The van der Waals surface area contributed by atoms with Crippen LogP contribution in [0.5, 0.6) is 0 Å². The molecule has 2 aromatic carbocycles. The third-order valence-electron chi connectivity index (χ3n) is 3.62. The molecule has 0 spiro atoms. The monoisotopic (exact) mass is 408 g/mol. The molecule has 138 valence electrons. The minimum absolute atomic E-state index is 0.268. The molecule has 0 unspecified atom stereocenters. The number of nitrogens with zero attached hydrogens (tertiary/aromatic N) is 4. The van der Waals surface area contributed by atoms with Gasteiger partial charge in [-0.15, -0.1) is 10.2 Å². The Morgan fingerprint density at radius 3 is 2.59 bits per heavy atom. The Kier molecular flexibility index (Phi) is 5.73. The number of benzene rings is 2. The number of alkyl halides is 3. The number of rotatable bonds is 5. The normalized spacial score (nSPS) is 11.4. The summed E-state index contributed by atoms with van der Waals surface area (Å²) in [6.45, 7) is 0. The number of hydrogen-bond acceptors (Lipinski definition) is 4. The van der Waals surface area contributed by atoms with Crippen molar-refractivity contribution in [2.24, 2.45) is 0 Å². The van der Waals surface area contributed by atoms with Crippen LogP contribution in [0.4, 0.5) is 13.2 Å². The summed E-state index contributed by atoms with van der Waals surface area (Å²) in [5.41, 5.74) is 0.0483. The molecule has 1 heterocycles. The zero-order chi connectivity index (χ0) is 19.4. The maximum atomic E-state index is 13.1. The molecule has 1 aromatic heterocycles. The van der Waals surface area contributed by atoms with E-state index in [1.807, 2.05) is 6.07 Å². The fourth-order valence-corrected chi connectivity index (χ4v) is 3.44. The molecule has 0 amide bonds. The van der Waals surface area contributed by atoms with Crippen LogP contribution in [-0.2, 0) is 6.18 Å². The Morgan fingerprint density at radius 2 is 1.89 bits per heavy atom. The van der Waals surface area contributed by atoms with Gasteiger partial charge < -0.3 is 0 Å². The molecule has 4 nitrogen and oxygen atoms in total. The van der Waals surface area contributed by atoms with Crippen molar-refractivity contribution in [2.75, 3.05) is 5.75 Å². The molecule has 0 fully saturated rings. The van der Waals surface area contributed by atoms with E-state index in [4.69, 9.17) is 16.9 Å². The number of aromatic nitrogens is 3. The zero-order valence-corrected chi connectivity index (χ0v) is 15.3. The van der Waals surface area contributed by atoms with Crippen LogP contribution in [0.1, 0.15) is 12.0 Å². The van der Waals surface area contributed by atoms with Crippen LogP contribution in [0.25, 0.3) is 17.1 Å². The lowest BCUT2D eigenvalue weighted by molar-refractivity contribution is -0.137. The lowest BCUT2D eigenvalue weighted by Gasteiger charge is -2.13. The molecule has 0 N–H and O–H groups in total. The Labute approximate surface area is 162 Å². The van der Waals surface area contributed by atoms with E-state index in [1.165, 1.54) is 22.4 Å². The fraction of sp³-hybridized carbons (Fsp3) is 0.167. The third-order valence-corrected chi connectivity index (χ3v) is 4.89. The summed E-state index contributed by atoms with van der Waals surface area (Å²) < 4.78 is 41.0. The van der Waals surface area contributed by atoms with Gasteiger partial charge in [0, 0.05) is 17.7 Å². The quantitative estimate of drug-likeness (QED) is 0.406. The van der Waals surface area contributed by atoms with E-state index in [-0.39, 0.29) is 12.1 Å². The third kappa shape index (κ3) is 4.26. The average molecular weight is 409 g/mol. The SMILES string of the molecule is N#CCCSc1nnc(-c2ccccc2Cl)n1-c1cccc(C(F)(F)F)c1. The zero-order valence-electron chi connectivity index (χ0n) is 13.7. The van der Waals surface area contributed by atoms with Crippen molar-refractivity contribution in [1.82, 2.24) is 14.8 Å². The largest absolute Gasteiger partial charge is 0.416 e. The van der Waals surface area contributed by atoms with Gasteiger partial charge in [0.2, 0.25) is 0 Å². The van der Waals surface area contributed by atoms with Crippen LogP contribution < -0.4 is 0 Å². The molecular weight excluding hydrogens is 397 g/mol. The smallest absolute Gasteiger partial charge is 0.270 e. The minimum Gasteiger partial charge on any atom is -0.270 e. The van der Waals surface area contributed by atoms with Crippen molar-refractivity contribution in [2.45, 2.75) is 17.8 Å². The highest BCUT2D eigenvalue weighted by atomic mass is 35.5. The van der Waals surface area contributed by atoms with Gasteiger partial charge >= 0.3 is 6.18 Å². The van der Waals surface area contributed by atoms with Crippen molar-refractivity contribution in [3.63, 3.8) is 0 Å². The van der Waals surface area contributed by atoms with Crippen LogP contribution in [0.3, 0.4) is 0 Å². The van der Waals surface area contributed by atoms with Crippen molar-refractivity contribution in [3.8, 4) is 23.1 Å². The van der Waals surface area contributed by atoms with Crippen LogP contribution >= 0.6 is 23.4 Å². The van der Waals surface area contributed by atoms with Crippen molar-refractivity contribution in [3.05, 3.63) is 59.1 Å². The molecule has 3 aromatic rings. The van der Waals surface area contributed by atoms with Gasteiger partial charge in [0.15, 0.2) is 11.0 Å². The second-order valence-corrected chi connectivity index (χ2v) is 6.90. The van der Waals surface area contributed by atoms with Gasteiger partial charge in [-0.25, -0.2) is 0 Å². The summed E-state index contributed by atoms with van der Waals surface area (Å²) >= 11 is 7.49. The van der Waals surface area contributed by atoms with Gasteiger partial charge in [0.1, 0.15) is 0 Å². The first kappa shape index (κ1) is 19.3. The predicted molar refractivity (Wildman–Crippen MR) is 97.8 cm³/mol. The first-order valence-electron chi connectivity index (χ1n) is 7.79. The Hall–Kier alpha value is -2.50. The average Bonchev–Trinajstić information content (AvgIpc) is 3.05. The fourth-order valence-electron chi connectivity index (χ4n) is 2.42.